The van der Waals surface area contributed by atoms with Gasteiger partial charge >= 0.3 is 0 Å². The number of nitrogens with zero attached hydrogens (tertiary/aromatic N) is 3. The van der Waals surface area contributed by atoms with Crippen molar-refractivity contribution in [2.24, 2.45) is 0 Å². The van der Waals surface area contributed by atoms with Crippen LogP contribution in [0.1, 0.15) is 30.8 Å². The molecule has 0 saturated carbocycles. The molecule has 0 atom stereocenters. The molecule has 2 aromatic rings. The van der Waals surface area contributed by atoms with Gasteiger partial charge in [-0.25, -0.2) is 4.98 Å². The number of hydrogen-bond acceptors (Lipinski definition) is 4. The molecule has 0 spiro atoms. The van der Waals surface area contributed by atoms with Crippen molar-refractivity contribution in [1.29, 1.82) is 0 Å². The van der Waals surface area contributed by atoms with Gasteiger partial charge in [-0.2, -0.15) is 0 Å². The summed E-state index contributed by atoms with van der Waals surface area (Å²) in [6.07, 6.45) is 2.84. The lowest BCUT2D eigenvalue weighted by Gasteiger charge is -2.27. The number of hydrogen-bond donors (Lipinski definition) is 1. The number of rotatable bonds is 4. The van der Waals surface area contributed by atoms with Crippen LogP contribution in [0.2, 0.25) is 0 Å². The zero-order valence-corrected chi connectivity index (χ0v) is 12.7. The molecule has 2 heterocycles. The molecule has 0 unspecified atom stereocenters. The van der Waals surface area contributed by atoms with Gasteiger partial charge in [-0.3, -0.25) is 9.88 Å². The summed E-state index contributed by atoms with van der Waals surface area (Å²) in [5.74, 6) is 0.880. The van der Waals surface area contributed by atoms with Gasteiger partial charge in [0.15, 0.2) is 0 Å². The Kier molecular flexibility index (Phi) is 4.15. The third-order valence-electron chi connectivity index (χ3n) is 3.65. The van der Waals surface area contributed by atoms with E-state index in [2.05, 4.69) is 59.4 Å². The summed E-state index contributed by atoms with van der Waals surface area (Å²) in [4.78, 5) is 11.7. The van der Waals surface area contributed by atoms with Crippen molar-refractivity contribution in [3.8, 4) is 0 Å². The minimum atomic E-state index is 0.376. The van der Waals surface area contributed by atoms with Crippen LogP contribution in [-0.2, 0) is 19.5 Å². The van der Waals surface area contributed by atoms with E-state index in [0.717, 1.165) is 43.3 Å². The predicted molar refractivity (Wildman–Crippen MR) is 85.1 cm³/mol. The first kappa shape index (κ1) is 14.0. The van der Waals surface area contributed by atoms with Crippen molar-refractivity contribution >= 4 is 5.82 Å². The molecular weight excluding hydrogens is 260 g/mol. The van der Waals surface area contributed by atoms with E-state index in [1.54, 1.807) is 0 Å². The van der Waals surface area contributed by atoms with E-state index in [1.807, 2.05) is 6.20 Å². The topological polar surface area (TPSA) is 41.1 Å². The molecule has 21 heavy (non-hydrogen) atoms. The third-order valence-corrected chi connectivity index (χ3v) is 3.65. The summed E-state index contributed by atoms with van der Waals surface area (Å²) in [6.45, 7) is 7.13. The average Bonchev–Trinajstić information content (AvgIpc) is 2.47. The quantitative estimate of drug-likeness (QED) is 0.936. The fourth-order valence-corrected chi connectivity index (χ4v) is 2.68. The van der Waals surface area contributed by atoms with Crippen molar-refractivity contribution in [3.63, 3.8) is 0 Å². The first-order valence-corrected chi connectivity index (χ1v) is 7.58. The maximum absolute atomic E-state index is 4.73. The predicted octanol–water partition coefficient (Wildman–Crippen LogP) is 2.86. The lowest BCUT2D eigenvalue weighted by atomic mass is 10.1. The fraction of sp³-hybridized carbons (Fsp3) is 0.412. The van der Waals surface area contributed by atoms with E-state index < -0.39 is 0 Å². The van der Waals surface area contributed by atoms with Gasteiger partial charge in [-0.05, 0) is 19.4 Å². The van der Waals surface area contributed by atoms with Gasteiger partial charge in [-0.1, -0.05) is 30.3 Å². The Labute approximate surface area is 126 Å². The van der Waals surface area contributed by atoms with Crippen molar-refractivity contribution in [1.82, 2.24) is 14.9 Å². The van der Waals surface area contributed by atoms with Gasteiger partial charge in [0.25, 0.3) is 0 Å². The maximum atomic E-state index is 4.73. The summed E-state index contributed by atoms with van der Waals surface area (Å²) in [5.41, 5.74) is 3.61. The van der Waals surface area contributed by atoms with E-state index in [0.29, 0.717) is 6.04 Å². The standard InChI is InChI=1S/C17H22N4/c1-13(2)19-17-10-18-15-8-9-21(12-16(15)20-17)11-14-6-4-3-5-7-14/h3-7,10,13H,8-9,11-12H2,1-2H3,(H,19,20). The lowest BCUT2D eigenvalue weighted by Crippen LogP contribution is -2.31. The highest BCUT2D eigenvalue weighted by molar-refractivity contribution is 5.35. The Hall–Kier alpha value is -1.94. The van der Waals surface area contributed by atoms with Crippen LogP contribution in [0.25, 0.3) is 0 Å². The van der Waals surface area contributed by atoms with Crippen molar-refractivity contribution < 1.29 is 0 Å². The van der Waals surface area contributed by atoms with Crippen molar-refractivity contribution in [2.75, 3.05) is 11.9 Å². The van der Waals surface area contributed by atoms with E-state index >= 15 is 0 Å². The smallest absolute Gasteiger partial charge is 0.145 e. The van der Waals surface area contributed by atoms with Crippen LogP contribution >= 0.6 is 0 Å². The normalized spacial score (nSPS) is 15.0. The van der Waals surface area contributed by atoms with Crippen LogP contribution in [0, 0.1) is 0 Å². The fourth-order valence-electron chi connectivity index (χ4n) is 2.68. The molecule has 0 fully saturated rings. The molecule has 0 radical (unpaired) electrons. The molecule has 0 aliphatic carbocycles. The molecular formula is C17H22N4. The van der Waals surface area contributed by atoms with E-state index in [1.165, 1.54) is 5.56 Å². The third kappa shape index (κ3) is 3.58. The summed E-state index contributed by atoms with van der Waals surface area (Å²) in [6, 6.07) is 11.0. The molecule has 110 valence electrons. The molecule has 1 aliphatic heterocycles. The Bertz CT molecular complexity index is 595. The van der Waals surface area contributed by atoms with Gasteiger partial charge in [0, 0.05) is 32.1 Å². The second-order valence-electron chi connectivity index (χ2n) is 5.89. The zero-order valence-electron chi connectivity index (χ0n) is 12.7. The second-order valence-corrected chi connectivity index (χ2v) is 5.89. The zero-order chi connectivity index (χ0) is 14.7. The number of fused-ring (bicyclic) bond motifs is 1. The lowest BCUT2D eigenvalue weighted by molar-refractivity contribution is 0.239. The summed E-state index contributed by atoms with van der Waals surface area (Å²) in [7, 11) is 0. The highest BCUT2D eigenvalue weighted by Crippen LogP contribution is 2.19. The summed E-state index contributed by atoms with van der Waals surface area (Å²) >= 11 is 0. The van der Waals surface area contributed by atoms with Crippen LogP contribution in [0.4, 0.5) is 5.82 Å². The Morgan fingerprint density at radius 1 is 1.19 bits per heavy atom. The second kappa shape index (κ2) is 6.22. The Morgan fingerprint density at radius 3 is 2.76 bits per heavy atom. The summed E-state index contributed by atoms with van der Waals surface area (Å²) in [5, 5.41) is 3.33. The molecule has 0 bridgehead atoms. The number of benzene rings is 1. The van der Waals surface area contributed by atoms with Crippen molar-refractivity contribution in [3.05, 3.63) is 53.5 Å². The van der Waals surface area contributed by atoms with Gasteiger partial charge in [-0.15, -0.1) is 0 Å². The largest absolute Gasteiger partial charge is 0.367 e. The molecule has 1 aromatic heterocycles. The van der Waals surface area contributed by atoms with Crippen molar-refractivity contribution in [2.45, 2.75) is 39.4 Å². The van der Waals surface area contributed by atoms with Crippen LogP contribution in [-0.4, -0.2) is 27.5 Å². The monoisotopic (exact) mass is 282 g/mol. The van der Waals surface area contributed by atoms with Gasteiger partial charge < -0.3 is 5.32 Å². The highest BCUT2D eigenvalue weighted by Gasteiger charge is 2.19. The minimum absolute atomic E-state index is 0.376. The summed E-state index contributed by atoms with van der Waals surface area (Å²) < 4.78 is 0. The molecule has 1 aliphatic rings. The van der Waals surface area contributed by atoms with Crippen LogP contribution in [0.3, 0.4) is 0 Å². The number of anilines is 1. The van der Waals surface area contributed by atoms with E-state index in [-0.39, 0.29) is 0 Å². The molecule has 0 saturated heterocycles. The van der Waals surface area contributed by atoms with Gasteiger partial charge in [0.1, 0.15) is 5.82 Å². The van der Waals surface area contributed by atoms with Crippen LogP contribution < -0.4 is 5.32 Å². The molecule has 4 heteroatoms. The van der Waals surface area contributed by atoms with Gasteiger partial charge in [0.2, 0.25) is 0 Å². The SMILES string of the molecule is CC(C)Nc1cnc2c(n1)CN(Cc1ccccc1)CC2. The first-order valence-electron chi connectivity index (χ1n) is 7.58. The number of aromatic nitrogens is 2. The molecule has 3 rings (SSSR count). The highest BCUT2D eigenvalue weighted by atomic mass is 15.2. The molecule has 1 aromatic carbocycles. The van der Waals surface area contributed by atoms with Crippen LogP contribution in [0.5, 0.6) is 0 Å². The molecule has 1 N–H and O–H groups in total. The first-order chi connectivity index (χ1) is 10.2. The average molecular weight is 282 g/mol. The Balaban J connectivity index is 1.71. The van der Waals surface area contributed by atoms with Gasteiger partial charge in [0.05, 0.1) is 17.6 Å². The molecule has 0 amide bonds. The van der Waals surface area contributed by atoms with Crippen LogP contribution in [0.15, 0.2) is 36.5 Å². The van der Waals surface area contributed by atoms with E-state index in [4.69, 9.17) is 4.98 Å². The maximum Gasteiger partial charge on any atom is 0.145 e. The minimum Gasteiger partial charge on any atom is -0.367 e. The van der Waals surface area contributed by atoms with E-state index in [9.17, 15) is 0 Å². The molecule has 4 nitrogen and oxygen atoms in total. The Morgan fingerprint density at radius 2 is 2.00 bits per heavy atom. The number of nitrogens with one attached hydrogen (secondary N) is 1.